The Hall–Kier alpha value is -1.53. The van der Waals surface area contributed by atoms with Crippen LogP contribution in [0.5, 0.6) is 0 Å². The summed E-state index contributed by atoms with van der Waals surface area (Å²) in [6.45, 7) is -0.215. The van der Waals surface area contributed by atoms with Gasteiger partial charge in [0, 0.05) is 24.1 Å². The van der Waals surface area contributed by atoms with E-state index in [0.717, 1.165) is 5.56 Å². The van der Waals surface area contributed by atoms with Crippen molar-refractivity contribution in [2.45, 2.75) is 12.5 Å². The molecule has 0 aliphatic heterocycles. The van der Waals surface area contributed by atoms with Crippen molar-refractivity contribution in [3.8, 4) is 0 Å². The Balaban J connectivity index is 2.53. The Morgan fingerprint density at radius 3 is 2.06 bits per heavy atom. The molecule has 0 heterocycles. The summed E-state index contributed by atoms with van der Waals surface area (Å²) in [4.78, 5) is 49.9. The number of amides is 3. The summed E-state index contributed by atoms with van der Waals surface area (Å²) < 4.78 is 6.01. The summed E-state index contributed by atoms with van der Waals surface area (Å²) in [5.41, 5.74) is 1.32. The Kier molecular flexibility index (Phi) is 10.7. The summed E-state index contributed by atoms with van der Waals surface area (Å²) in [5, 5.41) is 17.4. The monoisotopic (exact) mass is 791 g/mol. The molecule has 0 radical (unpaired) electrons. The standard InChI is InChI=1S/C21H20I3N3O6/c1-25-19(29)13-15(22)14(17(24)18(16(13)23)27-12(28)9-33-2)20(30)26-11(21(31)32)8-10-6-4-3-5-7-10/h3-7,11H,8-9H2,1-2H3,(H,25,29)(H,26,30)(H,27,28)(H,31,32)/t11-/m0/s1. The van der Waals surface area contributed by atoms with Crippen LogP contribution in [0.2, 0.25) is 0 Å². The fourth-order valence-corrected chi connectivity index (χ4v) is 7.30. The minimum atomic E-state index is -1.19. The number of ether oxygens (including phenoxy) is 1. The third kappa shape index (κ3) is 6.98. The van der Waals surface area contributed by atoms with Crippen molar-refractivity contribution in [2.24, 2.45) is 0 Å². The van der Waals surface area contributed by atoms with Crippen molar-refractivity contribution in [3.05, 3.63) is 57.7 Å². The number of hydrogen-bond acceptors (Lipinski definition) is 5. The zero-order valence-electron chi connectivity index (χ0n) is 17.5. The molecule has 3 amide bonds. The zero-order valence-corrected chi connectivity index (χ0v) is 24.0. The molecule has 0 fully saturated rings. The van der Waals surface area contributed by atoms with Gasteiger partial charge in [-0.3, -0.25) is 14.4 Å². The highest BCUT2D eigenvalue weighted by Gasteiger charge is 2.30. The van der Waals surface area contributed by atoms with Gasteiger partial charge in [-0.15, -0.1) is 0 Å². The van der Waals surface area contributed by atoms with E-state index in [9.17, 15) is 24.3 Å². The average molecular weight is 791 g/mol. The number of rotatable bonds is 9. The predicted molar refractivity (Wildman–Crippen MR) is 148 cm³/mol. The highest BCUT2D eigenvalue weighted by Crippen LogP contribution is 2.35. The second-order valence-electron chi connectivity index (χ2n) is 6.68. The molecule has 2 aromatic rings. The first-order valence-electron chi connectivity index (χ1n) is 9.41. The normalized spacial score (nSPS) is 11.4. The number of carbonyl (C=O) groups is 4. The summed E-state index contributed by atoms with van der Waals surface area (Å²) in [7, 11) is 2.83. The molecule has 12 heteroatoms. The molecule has 0 aliphatic carbocycles. The fourth-order valence-electron chi connectivity index (χ4n) is 2.88. The van der Waals surface area contributed by atoms with E-state index in [4.69, 9.17) is 4.74 Å². The van der Waals surface area contributed by atoms with Crippen LogP contribution in [0.3, 0.4) is 0 Å². The fraction of sp³-hybridized carbons (Fsp3) is 0.238. The van der Waals surface area contributed by atoms with Gasteiger partial charge in [0.05, 0.1) is 24.0 Å². The lowest BCUT2D eigenvalue weighted by Crippen LogP contribution is -2.43. The lowest BCUT2D eigenvalue weighted by molar-refractivity contribution is -0.139. The number of carbonyl (C=O) groups excluding carboxylic acids is 3. The largest absolute Gasteiger partial charge is 0.480 e. The number of benzene rings is 2. The molecular formula is C21H20I3N3O6. The molecule has 0 bridgehead atoms. The van der Waals surface area contributed by atoms with Gasteiger partial charge in [-0.1, -0.05) is 30.3 Å². The summed E-state index contributed by atoms with van der Waals surface area (Å²) in [6, 6.07) is 7.73. The maximum Gasteiger partial charge on any atom is 0.326 e. The Morgan fingerprint density at radius 1 is 0.970 bits per heavy atom. The van der Waals surface area contributed by atoms with E-state index < -0.39 is 29.7 Å². The van der Waals surface area contributed by atoms with Crippen molar-refractivity contribution in [2.75, 3.05) is 26.1 Å². The SMILES string of the molecule is CNC(=O)c1c(I)c(NC(=O)COC)c(I)c(C(=O)N[C@@H](Cc2ccccc2)C(=O)O)c1I. The van der Waals surface area contributed by atoms with Gasteiger partial charge in [0.25, 0.3) is 11.8 Å². The first-order chi connectivity index (χ1) is 15.6. The van der Waals surface area contributed by atoms with Gasteiger partial charge in [0.1, 0.15) is 12.6 Å². The number of aliphatic carboxylic acids is 1. The van der Waals surface area contributed by atoms with E-state index in [1.807, 2.05) is 73.8 Å². The molecule has 1 atom stereocenters. The molecular weight excluding hydrogens is 771 g/mol. The van der Waals surface area contributed by atoms with E-state index in [2.05, 4.69) is 16.0 Å². The van der Waals surface area contributed by atoms with E-state index in [1.54, 1.807) is 24.3 Å². The molecule has 33 heavy (non-hydrogen) atoms. The topological polar surface area (TPSA) is 134 Å². The second-order valence-corrected chi connectivity index (χ2v) is 9.92. The van der Waals surface area contributed by atoms with Crippen LogP contribution in [0, 0.1) is 10.7 Å². The zero-order chi connectivity index (χ0) is 24.7. The number of carboxylic acids is 1. The van der Waals surface area contributed by atoms with Gasteiger partial charge >= 0.3 is 5.97 Å². The van der Waals surface area contributed by atoms with Crippen LogP contribution in [0.25, 0.3) is 0 Å². The maximum atomic E-state index is 13.3. The van der Waals surface area contributed by atoms with E-state index in [0.29, 0.717) is 10.7 Å². The Labute approximate surface area is 231 Å². The van der Waals surface area contributed by atoms with Crippen LogP contribution in [-0.4, -0.2) is 55.6 Å². The molecule has 0 aliphatic rings. The summed E-state index contributed by atoms with van der Waals surface area (Å²) in [6.07, 6.45) is 0.0825. The van der Waals surface area contributed by atoms with E-state index in [1.165, 1.54) is 14.2 Å². The van der Waals surface area contributed by atoms with Crippen molar-refractivity contribution < 1.29 is 29.0 Å². The molecule has 4 N–H and O–H groups in total. The van der Waals surface area contributed by atoms with Crippen molar-refractivity contribution in [1.29, 1.82) is 0 Å². The van der Waals surface area contributed by atoms with E-state index >= 15 is 0 Å². The number of methoxy groups -OCH3 is 1. The highest BCUT2D eigenvalue weighted by molar-refractivity contribution is 14.1. The average Bonchev–Trinajstić information content (AvgIpc) is 2.77. The molecule has 0 saturated carbocycles. The minimum absolute atomic E-state index is 0.0825. The molecule has 0 unspecified atom stereocenters. The number of hydrogen-bond donors (Lipinski definition) is 4. The quantitative estimate of drug-likeness (QED) is 0.289. The van der Waals surface area contributed by atoms with Gasteiger partial charge in [-0.25, -0.2) is 4.79 Å². The van der Waals surface area contributed by atoms with E-state index in [-0.39, 0.29) is 29.8 Å². The number of carboxylic acid groups (broad SMARTS) is 1. The highest BCUT2D eigenvalue weighted by atomic mass is 127. The number of anilines is 1. The summed E-state index contributed by atoms with van der Waals surface area (Å²) >= 11 is 5.72. The molecule has 9 nitrogen and oxygen atoms in total. The first kappa shape index (κ1) is 27.7. The maximum absolute atomic E-state index is 13.3. The number of nitrogens with one attached hydrogen (secondary N) is 3. The lowest BCUT2D eigenvalue weighted by Gasteiger charge is -2.21. The van der Waals surface area contributed by atoms with Crippen LogP contribution in [0.1, 0.15) is 26.3 Å². The predicted octanol–water partition coefficient (Wildman–Crippen LogP) is 2.87. The molecule has 2 aromatic carbocycles. The molecule has 2 rings (SSSR count). The lowest BCUT2D eigenvalue weighted by atomic mass is 10.0. The summed E-state index contributed by atoms with van der Waals surface area (Å²) in [5.74, 6) is -2.77. The Morgan fingerprint density at radius 2 is 1.55 bits per heavy atom. The van der Waals surface area contributed by atoms with Gasteiger partial charge in [0.15, 0.2) is 0 Å². The smallest absolute Gasteiger partial charge is 0.326 e. The van der Waals surface area contributed by atoms with Gasteiger partial charge < -0.3 is 25.8 Å². The van der Waals surface area contributed by atoms with Crippen molar-refractivity contribution in [1.82, 2.24) is 10.6 Å². The Bertz CT molecular complexity index is 1080. The van der Waals surface area contributed by atoms with Gasteiger partial charge in [-0.05, 0) is 73.3 Å². The van der Waals surface area contributed by atoms with Crippen LogP contribution < -0.4 is 16.0 Å². The first-order valence-corrected chi connectivity index (χ1v) is 12.6. The van der Waals surface area contributed by atoms with Crippen LogP contribution in [0.15, 0.2) is 30.3 Å². The molecule has 0 aromatic heterocycles. The molecule has 0 spiro atoms. The van der Waals surface area contributed by atoms with Gasteiger partial charge in [0.2, 0.25) is 5.91 Å². The van der Waals surface area contributed by atoms with Crippen LogP contribution >= 0.6 is 67.8 Å². The third-order valence-electron chi connectivity index (χ3n) is 4.42. The minimum Gasteiger partial charge on any atom is -0.480 e. The molecule has 0 saturated heterocycles. The second kappa shape index (κ2) is 12.8. The third-order valence-corrected chi connectivity index (χ3v) is 7.66. The van der Waals surface area contributed by atoms with Crippen LogP contribution in [0.4, 0.5) is 5.69 Å². The van der Waals surface area contributed by atoms with Gasteiger partial charge in [-0.2, -0.15) is 0 Å². The van der Waals surface area contributed by atoms with Crippen LogP contribution in [-0.2, 0) is 20.7 Å². The van der Waals surface area contributed by atoms with Crippen molar-refractivity contribution in [3.63, 3.8) is 0 Å². The molecule has 176 valence electrons. The van der Waals surface area contributed by atoms with Crippen molar-refractivity contribution >= 4 is 97.2 Å². The number of halogens is 3.